The van der Waals surface area contributed by atoms with Gasteiger partial charge in [0.1, 0.15) is 17.9 Å². The van der Waals surface area contributed by atoms with Crippen LogP contribution < -0.4 is 8.92 Å². The smallest absolute Gasteiger partial charge is 0.310 e. The van der Waals surface area contributed by atoms with E-state index >= 15 is 0 Å². The van der Waals surface area contributed by atoms with Gasteiger partial charge in [0.2, 0.25) is 0 Å². The van der Waals surface area contributed by atoms with Gasteiger partial charge < -0.3 is 18.1 Å². The van der Waals surface area contributed by atoms with Crippen molar-refractivity contribution in [1.29, 1.82) is 0 Å². The largest absolute Gasteiger partial charge is 0.489 e. The molecular formula is C20H20O7S. The van der Waals surface area contributed by atoms with Gasteiger partial charge in [0.25, 0.3) is 0 Å². The molecule has 3 rings (SSSR count). The lowest BCUT2D eigenvalue weighted by molar-refractivity contribution is -0.142. The van der Waals surface area contributed by atoms with Gasteiger partial charge in [-0.25, -0.2) is 0 Å². The Hall–Kier alpha value is -3.00. The Morgan fingerprint density at radius 2 is 1.89 bits per heavy atom. The van der Waals surface area contributed by atoms with Crippen molar-refractivity contribution in [2.45, 2.75) is 20.0 Å². The van der Waals surface area contributed by atoms with Crippen molar-refractivity contribution in [3.8, 4) is 11.5 Å². The first-order valence-corrected chi connectivity index (χ1v) is 10.4. The van der Waals surface area contributed by atoms with Crippen LogP contribution in [-0.2, 0) is 32.7 Å². The van der Waals surface area contributed by atoms with Crippen LogP contribution in [0.1, 0.15) is 18.1 Å². The van der Waals surface area contributed by atoms with Crippen LogP contribution >= 0.6 is 0 Å². The summed E-state index contributed by atoms with van der Waals surface area (Å²) in [6.07, 6.45) is 2.54. The molecule has 0 amide bonds. The Labute approximate surface area is 162 Å². The van der Waals surface area contributed by atoms with Gasteiger partial charge in [0.15, 0.2) is 5.75 Å². The number of fused-ring (bicyclic) bond motifs is 1. The Kier molecular flexibility index (Phi) is 5.89. The number of para-hydroxylation sites is 1. The highest BCUT2D eigenvalue weighted by Gasteiger charge is 2.14. The number of rotatable bonds is 8. The van der Waals surface area contributed by atoms with Gasteiger partial charge in [0.05, 0.1) is 30.9 Å². The number of esters is 1. The molecule has 0 spiro atoms. The molecule has 148 valence electrons. The average molecular weight is 404 g/mol. The van der Waals surface area contributed by atoms with Crippen LogP contribution in [0.15, 0.2) is 53.1 Å². The summed E-state index contributed by atoms with van der Waals surface area (Å²) in [5.41, 5.74) is 1.85. The van der Waals surface area contributed by atoms with Crippen molar-refractivity contribution < 1.29 is 31.3 Å². The van der Waals surface area contributed by atoms with E-state index in [0.29, 0.717) is 34.5 Å². The molecular weight excluding hydrogens is 384 g/mol. The van der Waals surface area contributed by atoms with Crippen LogP contribution in [0.2, 0.25) is 0 Å². The zero-order valence-electron chi connectivity index (χ0n) is 15.5. The number of carbonyl (C=O) groups is 1. The second-order valence-corrected chi connectivity index (χ2v) is 7.67. The van der Waals surface area contributed by atoms with E-state index in [9.17, 15) is 13.2 Å². The summed E-state index contributed by atoms with van der Waals surface area (Å²) < 4.78 is 44.3. The quantitative estimate of drug-likeness (QED) is 0.419. The van der Waals surface area contributed by atoms with Crippen molar-refractivity contribution in [3.05, 3.63) is 59.9 Å². The second kappa shape index (κ2) is 8.35. The second-order valence-electron chi connectivity index (χ2n) is 6.09. The standard InChI is InChI=1S/C20H20O7S/c1-3-24-20(21)12-15-6-4-5-7-17(15)26-13-14-10-18-16(8-9-25-18)19(11-14)27-28(2,22)23/h4-11H,3,12-13H2,1-2H3. The summed E-state index contributed by atoms with van der Waals surface area (Å²) in [6, 6.07) is 12.1. The van der Waals surface area contributed by atoms with Gasteiger partial charge in [-0.1, -0.05) is 18.2 Å². The molecule has 0 saturated carbocycles. The van der Waals surface area contributed by atoms with Gasteiger partial charge >= 0.3 is 16.1 Å². The molecule has 0 bridgehead atoms. The summed E-state index contributed by atoms with van der Waals surface area (Å²) in [7, 11) is -3.69. The van der Waals surface area contributed by atoms with Crippen molar-refractivity contribution in [3.63, 3.8) is 0 Å². The number of furan rings is 1. The minimum absolute atomic E-state index is 0.101. The number of hydrogen-bond acceptors (Lipinski definition) is 7. The van der Waals surface area contributed by atoms with E-state index in [1.807, 2.05) is 6.07 Å². The van der Waals surface area contributed by atoms with Crippen LogP contribution in [0.3, 0.4) is 0 Å². The Morgan fingerprint density at radius 3 is 2.64 bits per heavy atom. The topological polar surface area (TPSA) is 92.0 Å². The molecule has 1 aromatic heterocycles. The molecule has 0 atom stereocenters. The minimum atomic E-state index is -3.69. The van der Waals surface area contributed by atoms with Gasteiger partial charge in [0, 0.05) is 5.56 Å². The molecule has 2 aromatic carbocycles. The molecule has 28 heavy (non-hydrogen) atoms. The fourth-order valence-electron chi connectivity index (χ4n) is 2.73. The maximum atomic E-state index is 11.8. The lowest BCUT2D eigenvalue weighted by atomic mass is 10.1. The maximum absolute atomic E-state index is 11.8. The molecule has 0 aliphatic carbocycles. The van der Waals surface area contributed by atoms with Crippen LogP contribution in [0.4, 0.5) is 0 Å². The molecule has 0 saturated heterocycles. The van der Waals surface area contributed by atoms with Gasteiger partial charge in [-0.15, -0.1) is 0 Å². The van der Waals surface area contributed by atoms with Gasteiger partial charge in [-0.05, 0) is 36.8 Å². The van der Waals surface area contributed by atoms with Crippen LogP contribution in [-0.4, -0.2) is 27.2 Å². The minimum Gasteiger partial charge on any atom is -0.489 e. The van der Waals surface area contributed by atoms with E-state index in [1.54, 1.807) is 43.3 Å². The third-order valence-corrected chi connectivity index (χ3v) is 4.32. The Bertz CT molecular complexity index is 1080. The third kappa shape index (κ3) is 5.04. The summed E-state index contributed by atoms with van der Waals surface area (Å²) in [5.74, 6) is 0.382. The SMILES string of the molecule is CCOC(=O)Cc1ccccc1OCc1cc(OS(C)(=O)=O)c2ccoc2c1. The van der Waals surface area contributed by atoms with Crippen LogP contribution in [0, 0.1) is 0 Å². The first kappa shape index (κ1) is 19.8. The fourth-order valence-corrected chi connectivity index (χ4v) is 3.19. The van der Waals surface area contributed by atoms with Gasteiger partial charge in [-0.2, -0.15) is 8.42 Å². The van der Waals surface area contributed by atoms with E-state index < -0.39 is 10.1 Å². The number of ether oxygens (including phenoxy) is 2. The van der Waals surface area contributed by atoms with E-state index in [4.69, 9.17) is 18.1 Å². The number of hydrogen-bond donors (Lipinski definition) is 0. The van der Waals surface area contributed by atoms with Crippen molar-refractivity contribution in [1.82, 2.24) is 0 Å². The maximum Gasteiger partial charge on any atom is 0.310 e. The summed E-state index contributed by atoms with van der Waals surface area (Å²) in [4.78, 5) is 11.8. The number of carbonyl (C=O) groups excluding carboxylic acids is 1. The summed E-state index contributed by atoms with van der Waals surface area (Å²) >= 11 is 0. The predicted molar refractivity (Wildman–Crippen MR) is 103 cm³/mol. The molecule has 1 heterocycles. The highest BCUT2D eigenvalue weighted by Crippen LogP contribution is 2.30. The van der Waals surface area contributed by atoms with Gasteiger partial charge in [-0.3, -0.25) is 4.79 Å². The third-order valence-electron chi connectivity index (χ3n) is 3.84. The lowest BCUT2D eigenvalue weighted by Crippen LogP contribution is -2.09. The highest BCUT2D eigenvalue weighted by molar-refractivity contribution is 7.86. The monoisotopic (exact) mass is 404 g/mol. The molecule has 8 heteroatoms. The zero-order valence-corrected chi connectivity index (χ0v) is 16.3. The van der Waals surface area contributed by atoms with Crippen LogP contribution in [0.25, 0.3) is 11.0 Å². The molecule has 0 aliphatic rings. The first-order chi connectivity index (χ1) is 13.4. The normalized spacial score (nSPS) is 11.4. The average Bonchev–Trinajstić information content (AvgIpc) is 3.09. The molecule has 0 fully saturated rings. The zero-order chi connectivity index (χ0) is 20.1. The first-order valence-electron chi connectivity index (χ1n) is 8.61. The van der Waals surface area contributed by atoms with E-state index in [-0.39, 0.29) is 24.7 Å². The van der Waals surface area contributed by atoms with Crippen molar-refractivity contribution in [2.24, 2.45) is 0 Å². The Balaban J connectivity index is 1.82. The van der Waals surface area contributed by atoms with E-state index in [0.717, 1.165) is 6.26 Å². The predicted octanol–water partition coefficient (Wildman–Crippen LogP) is 3.46. The van der Waals surface area contributed by atoms with Crippen molar-refractivity contribution in [2.75, 3.05) is 12.9 Å². The van der Waals surface area contributed by atoms with E-state index in [2.05, 4.69) is 0 Å². The molecule has 0 radical (unpaired) electrons. The molecule has 7 nitrogen and oxygen atoms in total. The molecule has 0 aliphatic heterocycles. The Morgan fingerprint density at radius 1 is 1.11 bits per heavy atom. The highest BCUT2D eigenvalue weighted by atomic mass is 32.2. The molecule has 0 N–H and O–H groups in total. The molecule has 3 aromatic rings. The summed E-state index contributed by atoms with van der Waals surface area (Å²) in [6.45, 7) is 2.20. The summed E-state index contributed by atoms with van der Waals surface area (Å²) in [5, 5.41) is 0.553. The van der Waals surface area contributed by atoms with Crippen molar-refractivity contribution >= 4 is 27.1 Å². The van der Waals surface area contributed by atoms with E-state index in [1.165, 1.54) is 6.26 Å². The molecule has 0 unspecified atom stereocenters. The lowest BCUT2D eigenvalue weighted by Gasteiger charge is -2.12. The fraction of sp³-hybridized carbons (Fsp3) is 0.250. The number of benzene rings is 2. The van der Waals surface area contributed by atoms with Crippen LogP contribution in [0.5, 0.6) is 11.5 Å².